The summed E-state index contributed by atoms with van der Waals surface area (Å²) < 4.78 is 11.1. The number of methoxy groups -OCH3 is 1. The van der Waals surface area contributed by atoms with E-state index in [0.29, 0.717) is 0 Å². The number of benzene rings is 1. The monoisotopic (exact) mass is 439 g/mol. The summed E-state index contributed by atoms with van der Waals surface area (Å²) in [5.41, 5.74) is 5.25. The van der Waals surface area contributed by atoms with Crippen LogP contribution < -0.4 is 0 Å². The van der Waals surface area contributed by atoms with E-state index in [1.54, 1.807) is 7.11 Å². The molecular formula is C22H35BrNOP. The number of nitrogens with zero attached hydrogens (tertiary/aromatic N) is 1. The van der Waals surface area contributed by atoms with Gasteiger partial charge in [0.15, 0.2) is 4.67 Å². The van der Waals surface area contributed by atoms with Crippen LogP contribution in [-0.4, -0.2) is 7.11 Å². The van der Waals surface area contributed by atoms with E-state index in [1.165, 1.54) is 16.7 Å². The maximum absolute atomic E-state index is 5.29. The maximum atomic E-state index is 5.29. The van der Waals surface area contributed by atoms with Gasteiger partial charge in [0.1, 0.15) is 0 Å². The van der Waals surface area contributed by atoms with Gasteiger partial charge in [-0.1, -0.05) is 74.4 Å². The summed E-state index contributed by atoms with van der Waals surface area (Å²) in [5.74, 6) is 0. The summed E-state index contributed by atoms with van der Waals surface area (Å²) in [6.07, 6.45) is 0. The zero-order valence-corrected chi connectivity index (χ0v) is 20.8. The van der Waals surface area contributed by atoms with Crippen LogP contribution in [0.5, 0.6) is 0 Å². The second-order valence-electron chi connectivity index (χ2n) is 9.93. The lowest BCUT2D eigenvalue weighted by atomic mass is 9.74. The fourth-order valence-corrected chi connectivity index (χ4v) is 3.50. The summed E-state index contributed by atoms with van der Waals surface area (Å²) in [6.45, 7) is 22.5. The molecule has 0 atom stereocenters. The minimum Gasteiger partial charge on any atom is -0.489 e. The predicted molar refractivity (Wildman–Crippen MR) is 120 cm³/mol. The molecule has 0 aromatic heterocycles. The van der Waals surface area contributed by atoms with E-state index in [0.717, 1.165) is 24.0 Å². The molecule has 4 heteroatoms. The third kappa shape index (κ3) is 5.92. The first-order valence-electron chi connectivity index (χ1n) is 9.10. The number of hydrogen-bond acceptors (Lipinski definition) is 2. The van der Waals surface area contributed by atoms with Crippen LogP contribution in [0.15, 0.2) is 26.9 Å². The molecule has 0 spiro atoms. The van der Waals surface area contributed by atoms with E-state index in [1.807, 2.05) is 6.92 Å². The van der Waals surface area contributed by atoms with Crippen LogP contribution in [0.3, 0.4) is 0 Å². The van der Waals surface area contributed by atoms with Gasteiger partial charge in [0.05, 0.1) is 12.8 Å². The minimum atomic E-state index is 0.0196. The second-order valence-corrected chi connectivity index (χ2v) is 11.7. The second kappa shape index (κ2) is 8.15. The molecule has 146 valence electrons. The van der Waals surface area contributed by atoms with Crippen LogP contribution in [0.1, 0.15) is 85.9 Å². The smallest absolute Gasteiger partial charge is 0.170 e. The van der Waals surface area contributed by atoms with Gasteiger partial charge in [-0.25, -0.2) is 4.74 Å². The molecular weight excluding hydrogens is 405 g/mol. The lowest BCUT2D eigenvalue weighted by Crippen LogP contribution is -2.21. The molecule has 2 nitrogen and oxygen atoms in total. The molecule has 0 aliphatic heterocycles. The van der Waals surface area contributed by atoms with Crippen LogP contribution in [-0.2, 0) is 21.0 Å². The summed E-state index contributed by atoms with van der Waals surface area (Å²) in [6, 6.07) is 4.71. The van der Waals surface area contributed by atoms with Gasteiger partial charge in [-0.3, -0.25) is 0 Å². The van der Waals surface area contributed by atoms with Crippen molar-refractivity contribution in [2.24, 2.45) is 4.74 Å². The van der Waals surface area contributed by atoms with Crippen LogP contribution in [0.2, 0.25) is 0 Å². The van der Waals surface area contributed by atoms with Crippen molar-refractivity contribution in [1.82, 2.24) is 0 Å². The molecule has 0 aliphatic rings. The Bertz CT molecular complexity index is 678. The van der Waals surface area contributed by atoms with Gasteiger partial charge in [-0.2, -0.15) is 0 Å². The average molecular weight is 440 g/mol. The number of hydrogen-bond donors (Lipinski definition) is 0. The van der Waals surface area contributed by atoms with Crippen molar-refractivity contribution in [3.63, 3.8) is 0 Å². The Balaban J connectivity index is 3.83. The van der Waals surface area contributed by atoms with Gasteiger partial charge in [0, 0.05) is 13.7 Å². The summed E-state index contributed by atoms with van der Waals surface area (Å²) in [5, 5.41) is 1.06. The number of allylic oxidation sites excluding steroid dienone is 1. The summed E-state index contributed by atoms with van der Waals surface area (Å²) >= 11 is 3.46. The van der Waals surface area contributed by atoms with Gasteiger partial charge < -0.3 is 4.74 Å². The Morgan fingerprint density at radius 1 is 0.885 bits per heavy atom. The molecule has 0 N–H and O–H groups in total. The van der Waals surface area contributed by atoms with E-state index < -0.39 is 0 Å². The van der Waals surface area contributed by atoms with Crippen molar-refractivity contribution in [3.05, 3.63) is 38.8 Å². The fraction of sp³-hybridized carbons (Fsp3) is 0.636. The van der Waals surface area contributed by atoms with Crippen LogP contribution in [0.4, 0.5) is 5.69 Å². The summed E-state index contributed by atoms with van der Waals surface area (Å²) in [4.78, 5) is 0. The third-order valence-corrected chi connectivity index (χ3v) is 6.38. The Hall–Kier alpha value is -0.660. The van der Waals surface area contributed by atoms with Crippen LogP contribution >= 0.6 is 24.3 Å². The molecule has 0 heterocycles. The topological polar surface area (TPSA) is 21.6 Å². The molecule has 0 unspecified atom stereocenters. The lowest BCUT2D eigenvalue weighted by molar-refractivity contribution is 0.326. The quantitative estimate of drug-likeness (QED) is 0.341. The van der Waals surface area contributed by atoms with Gasteiger partial charge in [0.2, 0.25) is 0 Å². The van der Waals surface area contributed by atoms with Crippen molar-refractivity contribution in [2.45, 2.75) is 85.5 Å². The van der Waals surface area contributed by atoms with Gasteiger partial charge >= 0.3 is 0 Å². The van der Waals surface area contributed by atoms with Crippen molar-refractivity contribution in [1.29, 1.82) is 0 Å². The largest absolute Gasteiger partial charge is 0.489 e. The van der Waals surface area contributed by atoms with Gasteiger partial charge in [0.25, 0.3) is 0 Å². The minimum absolute atomic E-state index is 0.0196. The molecule has 0 radical (unpaired) electrons. The van der Waals surface area contributed by atoms with Crippen molar-refractivity contribution in [3.8, 4) is 0 Å². The summed E-state index contributed by atoms with van der Waals surface area (Å²) in [7, 11) is 2.57. The Morgan fingerprint density at radius 3 is 1.62 bits per heavy atom. The van der Waals surface area contributed by atoms with E-state index in [9.17, 15) is 0 Å². The maximum Gasteiger partial charge on any atom is 0.170 e. The van der Waals surface area contributed by atoms with Crippen molar-refractivity contribution >= 4 is 30.0 Å². The van der Waals surface area contributed by atoms with Gasteiger partial charge in [-0.15, -0.1) is 0 Å². The first-order valence-corrected chi connectivity index (χ1v) is 10.7. The Kier molecular flexibility index (Phi) is 7.33. The van der Waals surface area contributed by atoms with E-state index >= 15 is 0 Å². The standard InChI is InChI=1S/C22H35BrNOP/c1-14(19(23)25-11)26-24-18-16(21(5,6)7)12-15(20(2,3)4)13-17(18)22(8,9)10/h12-13H,1-11H3/b19-14+. The SMILES string of the molecule is CO/C(Br)=C(\C)P=Nc1c(C(C)(C)C)cc(C(C)(C)C)cc1C(C)(C)C. The Morgan fingerprint density at radius 2 is 1.31 bits per heavy atom. The zero-order valence-electron chi connectivity index (χ0n) is 18.3. The van der Waals surface area contributed by atoms with Crippen molar-refractivity contribution in [2.75, 3.05) is 7.11 Å². The highest BCUT2D eigenvalue weighted by atomic mass is 79.9. The van der Waals surface area contributed by atoms with E-state index in [-0.39, 0.29) is 16.2 Å². The molecule has 1 rings (SSSR count). The molecule has 0 saturated heterocycles. The lowest BCUT2D eigenvalue weighted by Gasteiger charge is -2.32. The average Bonchev–Trinajstić information content (AvgIpc) is 2.48. The molecule has 0 amide bonds. The fourth-order valence-electron chi connectivity index (χ4n) is 2.63. The first-order chi connectivity index (χ1) is 11.6. The molecule has 0 aliphatic carbocycles. The highest BCUT2D eigenvalue weighted by Gasteiger charge is 2.29. The molecule has 1 aromatic carbocycles. The number of halogens is 1. The van der Waals surface area contributed by atoms with Crippen LogP contribution in [0.25, 0.3) is 0 Å². The van der Waals surface area contributed by atoms with E-state index in [4.69, 9.17) is 9.48 Å². The third-order valence-electron chi connectivity index (χ3n) is 4.36. The van der Waals surface area contributed by atoms with Gasteiger partial charge in [-0.05, 0) is 55.8 Å². The predicted octanol–water partition coefficient (Wildman–Crippen LogP) is 8.57. The number of ether oxygens (including phenoxy) is 1. The Labute approximate surface area is 170 Å². The van der Waals surface area contributed by atoms with Crippen LogP contribution in [0, 0.1) is 0 Å². The highest BCUT2D eigenvalue weighted by molar-refractivity contribution is 9.11. The molecule has 0 bridgehead atoms. The molecule has 1 aromatic rings. The molecule has 0 fully saturated rings. The normalized spacial score (nSPS) is 14.6. The van der Waals surface area contributed by atoms with Crippen molar-refractivity contribution < 1.29 is 4.74 Å². The zero-order chi connectivity index (χ0) is 20.5. The molecule has 0 saturated carbocycles. The van der Waals surface area contributed by atoms with E-state index in [2.05, 4.69) is 90.4 Å². The molecule has 26 heavy (non-hydrogen) atoms. The number of rotatable bonds is 3. The highest BCUT2D eigenvalue weighted by Crippen LogP contribution is 2.44. The first kappa shape index (κ1) is 23.4.